The van der Waals surface area contributed by atoms with E-state index in [0.717, 1.165) is 0 Å². The minimum Gasteiger partial charge on any atom is -0.465 e. The molecule has 1 aromatic carbocycles. The van der Waals surface area contributed by atoms with Crippen molar-refractivity contribution in [2.75, 3.05) is 56.2 Å². The lowest BCUT2D eigenvalue weighted by atomic mass is 10.2. The van der Waals surface area contributed by atoms with Crippen LogP contribution in [0.3, 0.4) is 0 Å². The van der Waals surface area contributed by atoms with Gasteiger partial charge in [-0.2, -0.15) is 0 Å². The first-order valence-electron chi connectivity index (χ1n) is 9.79. The molecule has 3 rings (SSSR count). The Morgan fingerprint density at radius 3 is 2.43 bits per heavy atom. The van der Waals surface area contributed by atoms with Crippen molar-refractivity contribution < 1.29 is 23.8 Å². The average molecular weight is 442 g/mol. The number of ether oxygens (including phenoxy) is 2. The topological polar surface area (TPSA) is 100 Å². The SMILES string of the molecule is CCOC(CNc1nc2cc(Cl)c(F)cc2nc1N1CCN(C(=O)O)CC1)OCC. The van der Waals surface area contributed by atoms with E-state index in [2.05, 4.69) is 15.3 Å². The second kappa shape index (κ2) is 10.1. The highest BCUT2D eigenvalue weighted by Crippen LogP contribution is 2.28. The van der Waals surface area contributed by atoms with E-state index in [1.165, 1.54) is 17.0 Å². The zero-order valence-electron chi connectivity index (χ0n) is 16.9. The van der Waals surface area contributed by atoms with E-state index in [1.54, 1.807) is 0 Å². The Balaban J connectivity index is 1.90. The molecule has 1 saturated heterocycles. The summed E-state index contributed by atoms with van der Waals surface area (Å²) in [5.74, 6) is 0.410. The van der Waals surface area contributed by atoms with Crippen LogP contribution in [0.15, 0.2) is 12.1 Å². The molecule has 0 aliphatic carbocycles. The van der Waals surface area contributed by atoms with Gasteiger partial charge in [0.2, 0.25) is 0 Å². The Labute approximate surface area is 178 Å². The van der Waals surface area contributed by atoms with Crippen LogP contribution in [0.4, 0.5) is 20.8 Å². The number of hydrogen-bond donors (Lipinski definition) is 2. The molecule has 1 fully saturated rings. The van der Waals surface area contributed by atoms with Crippen molar-refractivity contribution in [3.63, 3.8) is 0 Å². The molecule has 0 saturated carbocycles. The third-order valence-electron chi connectivity index (χ3n) is 4.68. The maximum absolute atomic E-state index is 14.0. The number of rotatable bonds is 8. The number of hydrogen-bond acceptors (Lipinski definition) is 7. The number of nitrogens with zero attached hydrogens (tertiary/aromatic N) is 4. The van der Waals surface area contributed by atoms with E-state index >= 15 is 0 Å². The van der Waals surface area contributed by atoms with E-state index in [-0.39, 0.29) is 5.02 Å². The number of amides is 1. The summed E-state index contributed by atoms with van der Waals surface area (Å²) < 4.78 is 25.1. The van der Waals surface area contributed by atoms with Crippen LogP contribution in [0, 0.1) is 5.82 Å². The van der Waals surface area contributed by atoms with Crippen LogP contribution in [0.5, 0.6) is 0 Å². The predicted octanol–water partition coefficient (Wildman–Crippen LogP) is 3.03. The second-order valence-electron chi connectivity index (χ2n) is 6.63. The van der Waals surface area contributed by atoms with E-state index in [0.29, 0.717) is 68.6 Å². The van der Waals surface area contributed by atoms with Gasteiger partial charge in [0, 0.05) is 45.5 Å². The van der Waals surface area contributed by atoms with Crippen LogP contribution in [0.1, 0.15) is 13.8 Å². The predicted molar refractivity (Wildman–Crippen MR) is 112 cm³/mol. The normalized spacial score (nSPS) is 14.6. The summed E-state index contributed by atoms with van der Waals surface area (Å²) in [6, 6.07) is 2.67. The first-order valence-corrected chi connectivity index (χ1v) is 10.2. The number of carboxylic acid groups (broad SMARTS) is 1. The van der Waals surface area contributed by atoms with Crippen molar-refractivity contribution in [2.45, 2.75) is 20.1 Å². The fraction of sp³-hybridized carbons (Fsp3) is 0.526. The van der Waals surface area contributed by atoms with Gasteiger partial charge >= 0.3 is 6.09 Å². The minimum absolute atomic E-state index is 0.0351. The summed E-state index contributed by atoms with van der Waals surface area (Å²) in [5, 5.41) is 12.4. The zero-order valence-corrected chi connectivity index (χ0v) is 17.7. The van der Waals surface area contributed by atoms with Crippen LogP contribution in [0.2, 0.25) is 5.02 Å². The van der Waals surface area contributed by atoms with Gasteiger partial charge in [0.1, 0.15) is 5.82 Å². The summed E-state index contributed by atoms with van der Waals surface area (Å²) in [4.78, 5) is 23.7. The summed E-state index contributed by atoms with van der Waals surface area (Å²) in [7, 11) is 0. The van der Waals surface area contributed by atoms with Crippen molar-refractivity contribution in [1.82, 2.24) is 14.9 Å². The fourth-order valence-electron chi connectivity index (χ4n) is 3.21. The number of benzene rings is 1. The van der Waals surface area contributed by atoms with Gasteiger partial charge in [0.15, 0.2) is 17.9 Å². The van der Waals surface area contributed by atoms with Crippen LogP contribution in [0.25, 0.3) is 11.0 Å². The lowest BCUT2D eigenvalue weighted by Crippen LogP contribution is -2.48. The van der Waals surface area contributed by atoms with Gasteiger partial charge in [0.25, 0.3) is 0 Å². The molecule has 1 aromatic heterocycles. The molecule has 0 atom stereocenters. The number of aromatic nitrogens is 2. The van der Waals surface area contributed by atoms with Crippen molar-refractivity contribution in [1.29, 1.82) is 0 Å². The molecule has 2 heterocycles. The van der Waals surface area contributed by atoms with Crippen LogP contribution >= 0.6 is 11.6 Å². The number of anilines is 2. The van der Waals surface area contributed by atoms with Gasteiger partial charge in [-0.05, 0) is 19.9 Å². The summed E-state index contributed by atoms with van der Waals surface area (Å²) in [6.07, 6.45) is -1.42. The fourth-order valence-corrected chi connectivity index (χ4v) is 3.37. The molecule has 0 bridgehead atoms. The highest BCUT2D eigenvalue weighted by molar-refractivity contribution is 6.31. The highest BCUT2D eigenvalue weighted by atomic mass is 35.5. The molecule has 30 heavy (non-hydrogen) atoms. The number of fused-ring (bicyclic) bond motifs is 1. The molecule has 0 unspecified atom stereocenters. The Morgan fingerprint density at radius 1 is 1.20 bits per heavy atom. The van der Waals surface area contributed by atoms with E-state index in [1.807, 2.05) is 18.7 Å². The number of carbonyl (C=O) groups is 1. The molecule has 1 aliphatic heterocycles. The van der Waals surface area contributed by atoms with Crippen LogP contribution in [-0.4, -0.2) is 78.3 Å². The second-order valence-corrected chi connectivity index (χ2v) is 7.04. The quantitative estimate of drug-likeness (QED) is 0.603. The van der Waals surface area contributed by atoms with Gasteiger partial charge in [-0.3, -0.25) is 0 Å². The standard InChI is InChI=1S/C19H25ClFN5O4/c1-3-29-16(30-4-2)11-22-17-18(25-5-7-26(8-6-25)19(27)28)24-15-10-13(21)12(20)9-14(15)23-17/h9-10,16H,3-8,11H2,1-2H3,(H,22,23)(H,27,28). The maximum atomic E-state index is 14.0. The van der Waals surface area contributed by atoms with Crippen molar-refractivity contribution in [2.24, 2.45) is 0 Å². The van der Waals surface area contributed by atoms with E-state index < -0.39 is 18.2 Å². The molecule has 2 aromatic rings. The lowest BCUT2D eigenvalue weighted by molar-refractivity contribution is -0.126. The molecular formula is C19H25ClFN5O4. The first kappa shape index (κ1) is 22.3. The number of piperazine rings is 1. The maximum Gasteiger partial charge on any atom is 0.407 e. The monoisotopic (exact) mass is 441 g/mol. The van der Waals surface area contributed by atoms with Gasteiger partial charge in [0.05, 0.1) is 22.6 Å². The molecule has 0 radical (unpaired) electrons. The van der Waals surface area contributed by atoms with E-state index in [9.17, 15) is 14.3 Å². The largest absolute Gasteiger partial charge is 0.465 e. The summed E-state index contributed by atoms with van der Waals surface area (Å²) in [5.41, 5.74) is 0.811. The van der Waals surface area contributed by atoms with Crippen molar-refractivity contribution in [3.05, 3.63) is 23.0 Å². The molecule has 9 nitrogen and oxygen atoms in total. The van der Waals surface area contributed by atoms with Gasteiger partial charge in [-0.15, -0.1) is 0 Å². The molecule has 0 spiro atoms. The van der Waals surface area contributed by atoms with Crippen molar-refractivity contribution in [3.8, 4) is 0 Å². The number of nitrogens with one attached hydrogen (secondary N) is 1. The Morgan fingerprint density at radius 2 is 1.83 bits per heavy atom. The summed E-state index contributed by atoms with van der Waals surface area (Å²) in [6.45, 7) is 6.64. The third kappa shape index (κ3) is 5.18. The smallest absolute Gasteiger partial charge is 0.407 e. The molecule has 1 aliphatic rings. The first-order chi connectivity index (χ1) is 14.4. The lowest BCUT2D eigenvalue weighted by Gasteiger charge is -2.34. The number of halogens is 2. The molecular weight excluding hydrogens is 417 g/mol. The van der Waals surface area contributed by atoms with Crippen LogP contribution < -0.4 is 10.2 Å². The minimum atomic E-state index is -0.953. The van der Waals surface area contributed by atoms with Gasteiger partial charge in [-0.25, -0.2) is 19.2 Å². The molecule has 164 valence electrons. The Hall–Kier alpha value is -2.43. The highest BCUT2D eigenvalue weighted by Gasteiger charge is 2.25. The third-order valence-corrected chi connectivity index (χ3v) is 4.97. The molecule has 11 heteroatoms. The average Bonchev–Trinajstić information content (AvgIpc) is 2.73. The van der Waals surface area contributed by atoms with Crippen molar-refractivity contribution >= 4 is 40.4 Å². The van der Waals surface area contributed by atoms with E-state index in [4.69, 9.17) is 21.1 Å². The van der Waals surface area contributed by atoms with Gasteiger partial charge < -0.3 is 29.7 Å². The summed E-state index contributed by atoms with van der Waals surface area (Å²) >= 11 is 5.91. The Bertz CT molecular complexity index is 889. The Kier molecular flexibility index (Phi) is 7.46. The zero-order chi connectivity index (χ0) is 21.7. The van der Waals surface area contributed by atoms with Gasteiger partial charge in [-0.1, -0.05) is 11.6 Å². The molecule has 1 amide bonds. The molecule has 2 N–H and O–H groups in total. The van der Waals surface area contributed by atoms with Crippen LogP contribution in [-0.2, 0) is 9.47 Å².